The van der Waals surface area contributed by atoms with Gasteiger partial charge in [0.05, 0.1) is 19.8 Å². The smallest absolute Gasteiger partial charge is 0.203 e. The first-order chi connectivity index (χ1) is 19.6. The lowest BCUT2D eigenvalue weighted by Crippen LogP contribution is -2.69. The van der Waals surface area contributed by atoms with Gasteiger partial charge in [-0.15, -0.1) is 0 Å². The number of methoxy groups -OCH3 is 2. The topological polar surface area (TPSA) is 151 Å². The van der Waals surface area contributed by atoms with Crippen LogP contribution in [0.15, 0.2) is 47.2 Å². The number of aliphatic hydroxyl groups excluding tert-OH is 2. The maximum absolute atomic E-state index is 14.4. The molecule has 3 aliphatic rings. The molecule has 0 saturated heterocycles. The van der Waals surface area contributed by atoms with E-state index in [0.717, 1.165) is 6.92 Å². The van der Waals surface area contributed by atoms with Gasteiger partial charge in [-0.25, -0.2) is 0 Å². The van der Waals surface area contributed by atoms with Crippen molar-refractivity contribution in [2.75, 3.05) is 14.2 Å². The second-order valence-electron chi connectivity index (χ2n) is 12.5. The van der Waals surface area contributed by atoms with Gasteiger partial charge in [-0.1, -0.05) is 33.8 Å². The van der Waals surface area contributed by atoms with Gasteiger partial charge in [0.2, 0.25) is 5.78 Å². The van der Waals surface area contributed by atoms with Crippen LogP contribution in [0.1, 0.15) is 52.2 Å². The quantitative estimate of drug-likeness (QED) is 0.365. The summed E-state index contributed by atoms with van der Waals surface area (Å²) in [5.41, 5.74) is -4.26. The van der Waals surface area contributed by atoms with E-state index in [2.05, 4.69) is 0 Å². The number of allylic oxidation sites excluding steroid dienone is 1. The third-order valence-corrected chi connectivity index (χ3v) is 9.58. The first-order valence-electron chi connectivity index (χ1n) is 13.9. The van der Waals surface area contributed by atoms with E-state index in [-0.39, 0.29) is 29.7 Å². The van der Waals surface area contributed by atoms with E-state index in [9.17, 15) is 34.8 Å². The predicted octanol–water partition coefficient (Wildman–Crippen LogP) is 4.87. The number of ether oxygens (including phenoxy) is 2. The molecule has 1 unspecified atom stereocenters. The minimum Gasteiger partial charge on any atom is -0.508 e. The molecule has 9 nitrogen and oxygen atoms in total. The fourth-order valence-electron chi connectivity index (χ4n) is 7.99. The number of ketones is 3. The number of phenols is 1. The normalized spacial score (nSPS) is 28.8. The summed E-state index contributed by atoms with van der Waals surface area (Å²) in [7, 11) is 3.06. The Morgan fingerprint density at radius 3 is 2.24 bits per heavy atom. The summed E-state index contributed by atoms with van der Waals surface area (Å²) in [5.74, 6) is -4.48. The predicted molar refractivity (Wildman–Crippen MR) is 154 cm³/mol. The summed E-state index contributed by atoms with van der Waals surface area (Å²) < 4.78 is 11.0. The number of aliphatic hydroxyl groups is 3. The van der Waals surface area contributed by atoms with Gasteiger partial charge in [0.15, 0.2) is 17.2 Å². The molecule has 0 radical (unpaired) electrons. The van der Waals surface area contributed by atoms with E-state index in [4.69, 9.17) is 9.47 Å². The zero-order valence-corrected chi connectivity index (χ0v) is 24.8. The van der Waals surface area contributed by atoms with Crippen molar-refractivity contribution in [3.63, 3.8) is 0 Å². The Morgan fingerprint density at radius 1 is 1.00 bits per heavy atom. The molecule has 3 aliphatic carbocycles. The first-order valence-corrected chi connectivity index (χ1v) is 13.9. The molecular formula is C33H36O9. The minimum absolute atomic E-state index is 0.00917. The van der Waals surface area contributed by atoms with E-state index in [0.29, 0.717) is 28.2 Å². The standard InChI is InChI=1S/C33H36O9/c1-15(2)25-27(36)23(16(3)34)29(38)33(40)30(39)26-28(37)24-20(13-31(26,4)14-32(25,33)5)18(9-10-21(24)35)19-12-17(41-6)8-11-22(19)42-7/h8-12,15,25,35,37-38,40H,13-14H2,1-7H3/t25?,31-,32-,33+/m1/s1. The summed E-state index contributed by atoms with van der Waals surface area (Å²) in [5, 5.41) is 46.2. The number of phenolic OH excluding ortho intramolecular Hbond substituents is 1. The van der Waals surface area contributed by atoms with Crippen LogP contribution < -0.4 is 9.47 Å². The van der Waals surface area contributed by atoms with Crippen LogP contribution in [0.25, 0.3) is 16.9 Å². The molecule has 2 aromatic rings. The van der Waals surface area contributed by atoms with Crippen LogP contribution in [-0.2, 0) is 20.8 Å². The fraction of sp³-hybridized carbons (Fsp3) is 0.424. The lowest BCUT2D eigenvalue weighted by Gasteiger charge is -2.59. The number of carbonyl (C=O) groups is 3. The van der Waals surface area contributed by atoms with Crippen molar-refractivity contribution in [2.24, 2.45) is 22.7 Å². The lowest BCUT2D eigenvalue weighted by atomic mass is 9.43. The van der Waals surface area contributed by atoms with E-state index >= 15 is 0 Å². The van der Waals surface area contributed by atoms with Crippen molar-refractivity contribution < 1.29 is 44.3 Å². The number of hydrogen-bond donors (Lipinski definition) is 4. The molecule has 5 rings (SSSR count). The molecule has 4 atom stereocenters. The van der Waals surface area contributed by atoms with Crippen LogP contribution in [-0.4, -0.2) is 57.6 Å². The summed E-state index contributed by atoms with van der Waals surface area (Å²) >= 11 is 0. The second kappa shape index (κ2) is 9.46. The van der Waals surface area contributed by atoms with Gasteiger partial charge in [0.25, 0.3) is 0 Å². The minimum atomic E-state index is -2.65. The highest BCUT2D eigenvalue weighted by Gasteiger charge is 2.72. The van der Waals surface area contributed by atoms with Gasteiger partial charge < -0.3 is 29.9 Å². The third-order valence-electron chi connectivity index (χ3n) is 9.58. The van der Waals surface area contributed by atoms with Crippen molar-refractivity contribution in [3.05, 3.63) is 58.4 Å². The lowest BCUT2D eigenvalue weighted by molar-refractivity contribution is -0.178. The Bertz CT molecular complexity index is 1630. The average Bonchev–Trinajstić information content (AvgIpc) is 2.90. The zero-order valence-electron chi connectivity index (χ0n) is 24.8. The van der Waals surface area contributed by atoms with Gasteiger partial charge >= 0.3 is 0 Å². The number of Topliss-reactive ketones (excluding diaryl/α,β-unsaturated/α-hetero) is 3. The molecule has 0 aliphatic heterocycles. The summed E-state index contributed by atoms with van der Waals surface area (Å²) in [6.07, 6.45) is 0.154. The number of carbonyl (C=O) groups excluding carboxylic acids is 3. The fourth-order valence-corrected chi connectivity index (χ4v) is 7.99. The molecule has 0 amide bonds. The molecule has 4 N–H and O–H groups in total. The van der Waals surface area contributed by atoms with Gasteiger partial charge in [-0.05, 0) is 61.1 Å². The van der Waals surface area contributed by atoms with Crippen LogP contribution in [0.5, 0.6) is 17.2 Å². The van der Waals surface area contributed by atoms with Crippen molar-refractivity contribution >= 4 is 23.1 Å². The molecule has 9 heteroatoms. The summed E-state index contributed by atoms with van der Waals surface area (Å²) in [6.45, 7) is 7.99. The van der Waals surface area contributed by atoms with Crippen molar-refractivity contribution in [1.82, 2.24) is 0 Å². The van der Waals surface area contributed by atoms with Crippen molar-refractivity contribution in [1.29, 1.82) is 0 Å². The van der Waals surface area contributed by atoms with Crippen LogP contribution in [0, 0.1) is 22.7 Å². The maximum Gasteiger partial charge on any atom is 0.203 e. The monoisotopic (exact) mass is 576 g/mol. The Labute approximate surface area is 244 Å². The molecule has 1 saturated carbocycles. The zero-order chi connectivity index (χ0) is 31.1. The van der Waals surface area contributed by atoms with Crippen LogP contribution in [0.4, 0.5) is 0 Å². The number of aromatic hydroxyl groups is 1. The van der Waals surface area contributed by atoms with Crippen molar-refractivity contribution in [2.45, 2.75) is 53.1 Å². The highest BCUT2D eigenvalue weighted by atomic mass is 16.5. The number of fused-ring (bicyclic) bond motifs is 3. The molecule has 222 valence electrons. The van der Waals surface area contributed by atoms with Crippen LogP contribution in [0.2, 0.25) is 0 Å². The third kappa shape index (κ3) is 3.62. The SMILES string of the molecule is COc1ccc(OC)c(-c2ccc(O)c3c2C[C@]2(C)C[C@]4(C)C(C(C)C)C(=O)C(C(C)=O)=C(O)[C@]4(O)C(=O)C2=C3O)c1. The van der Waals surface area contributed by atoms with Crippen molar-refractivity contribution in [3.8, 4) is 28.4 Å². The molecule has 0 aromatic heterocycles. The Balaban J connectivity index is 1.83. The largest absolute Gasteiger partial charge is 0.508 e. The Morgan fingerprint density at radius 2 is 1.67 bits per heavy atom. The van der Waals surface area contributed by atoms with E-state index < -0.39 is 62.7 Å². The molecule has 0 heterocycles. The van der Waals surface area contributed by atoms with Gasteiger partial charge in [-0.3, -0.25) is 14.4 Å². The molecule has 0 bridgehead atoms. The Kier molecular flexibility index (Phi) is 6.62. The highest BCUT2D eigenvalue weighted by Crippen LogP contribution is 2.65. The van der Waals surface area contributed by atoms with Gasteiger partial charge in [0.1, 0.15) is 34.3 Å². The Hall–Kier alpha value is -4.11. The number of hydrogen-bond acceptors (Lipinski definition) is 9. The van der Waals surface area contributed by atoms with E-state index in [1.54, 1.807) is 52.0 Å². The summed E-state index contributed by atoms with van der Waals surface area (Å²) in [4.78, 5) is 40.7. The molecule has 1 fully saturated rings. The van der Waals surface area contributed by atoms with Gasteiger partial charge in [0, 0.05) is 27.9 Å². The first kappa shape index (κ1) is 29.4. The number of benzene rings is 2. The van der Waals surface area contributed by atoms with E-state index in [1.807, 2.05) is 0 Å². The highest BCUT2D eigenvalue weighted by molar-refractivity contribution is 6.24. The molecule has 0 spiro atoms. The van der Waals surface area contributed by atoms with Crippen LogP contribution >= 0.6 is 0 Å². The maximum atomic E-state index is 14.4. The molecule has 42 heavy (non-hydrogen) atoms. The average molecular weight is 577 g/mol. The summed E-state index contributed by atoms with van der Waals surface area (Å²) in [6, 6.07) is 8.36. The molecular weight excluding hydrogens is 540 g/mol. The second-order valence-corrected chi connectivity index (χ2v) is 12.5. The number of rotatable bonds is 5. The van der Waals surface area contributed by atoms with Gasteiger partial charge in [-0.2, -0.15) is 0 Å². The molecule has 2 aromatic carbocycles. The van der Waals surface area contributed by atoms with Crippen LogP contribution in [0.3, 0.4) is 0 Å². The van der Waals surface area contributed by atoms with E-state index in [1.165, 1.54) is 20.3 Å².